The smallest absolute Gasteiger partial charge is 0.278 e. The van der Waals surface area contributed by atoms with Gasteiger partial charge in [0.2, 0.25) is 0 Å². The summed E-state index contributed by atoms with van der Waals surface area (Å²) >= 11 is 7.79. The number of aromatic nitrogens is 3. The zero-order chi connectivity index (χ0) is 21.1. The van der Waals surface area contributed by atoms with E-state index in [-0.39, 0.29) is 24.4 Å². The molecule has 1 aromatic carbocycles. The van der Waals surface area contributed by atoms with Crippen LogP contribution >= 0.6 is 35.3 Å². The second-order valence-electron chi connectivity index (χ2n) is 7.29. The van der Waals surface area contributed by atoms with Gasteiger partial charge in [0.25, 0.3) is 5.91 Å². The monoisotopic (exact) mass is 471 g/mol. The van der Waals surface area contributed by atoms with E-state index in [4.69, 9.17) is 21.3 Å². The second-order valence-corrected chi connectivity index (χ2v) is 8.68. The highest BCUT2D eigenvalue weighted by molar-refractivity contribution is 7.23. The predicted octanol–water partition coefficient (Wildman–Crippen LogP) is 4.76. The quantitative estimate of drug-likeness (QED) is 0.473. The molecule has 0 N–H and O–H groups in total. The molecule has 0 fully saturated rings. The first-order chi connectivity index (χ1) is 13.8. The molecule has 3 aromatic rings. The van der Waals surface area contributed by atoms with Gasteiger partial charge in [-0.2, -0.15) is 5.10 Å². The molecule has 0 saturated carbocycles. The standard InChI is InChI=1S/C20H26ClN5O2S.ClH/c1-13(2)26-15(9-10-22-26)19(27)25(12-6-11-24(3)4)20-23-17-16(28-5)8-7-14(21)18(17)29-20;/h7-10,13H,6,11-12H2,1-5H3;1H. The molecule has 0 spiro atoms. The van der Waals surface area contributed by atoms with Gasteiger partial charge in [-0.15, -0.1) is 12.4 Å². The molecular weight excluding hydrogens is 445 g/mol. The van der Waals surface area contributed by atoms with Crippen molar-refractivity contribution in [1.82, 2.24) is 19.7 Å². The molecule has 30 heavy (non-hydrogen) atoms. The Morgan fingerprint density at radius 3 is 2.63 bits per heavy atom. The number of thiazole rings is 1. The minimum absolute atomic E-state index is 0. The summed E-state index contributed by atoms with van der Waals surface area (Å²) in [6.45, 7) is 5.41. The SMILES string of the molecule is COc1ccc(Cl)c2sc(N(CCCN(C)C)C(=O)c3ccnn3C(C)C)nc12.Cl. The van der Waals surface area contributed by atoms with Gasteiger partial charge in [-0.05, 0) is 59.1 Å². The summed E-state index contributed by atoms with van der Waals surface area (Å²) in [6, 6.07) is 5.41. The van der Waals surface area contributed by atoms with E-state index in [0.29, 0.717) is 33.7 Å². The normalized spacial score (nSPS) is 11.2. The van der Waals surface area contributed by atoms with E-state index >= 15 is 0 Å². The fourth-order valence-electron chi connectivity index (χ4n) is 3.08. The van der Waals surface area contributed by atoms with E-state index in [2.05, 4.69) is 10.00 Å². The van der Waals surface area contributed by atoms with Crippen LogP contribution in [0.5, 0.6) is 5.75 Å². The van der Waals surface area contributed by atoms with Crippen LogP contribution in [0.15, 0.2) is 24.4 Å². The number of halogens is 2. The largest absolute Gasteiger partial charge is 0.494 e. The van der Waals surface area contributed by atoms with Gasteiger partial charge in [0, 0.05) is 18.8 Å². The van der Waals surface area contributed by atoms with Gasteiger partial charge in [0.1, 0.15) is 17.0 Å². The Kier molecular flexibility index (Phi) is 8.49. The van der Waals surface area contributed by atoms with Crippen molar-refractivity contribution < 1.29 is 9.53 Å². The van der Waals surface area contributed by atoms with Crippen molar-refractivity contribution >= 4 is 56.6 Å². The van der Waals surface area contributed by atoms with Crippen molar-refractivity contribution in [3.63, 3.8) is 0 Å². The Balaban J connectivity index is 0.00000320. The van der Waals surface area contributed by atoms with Gasteiger partial charge in [-0.3, -0.25) is 14.4 Å². The minimum atomic E-state index is -0.121. The number of carbonyl (C=O) groups excluding carboxylic acids is 1. The van der Waals surface area contributed by atoms with E-state index in [1.54, 1.807) is 41.1 Å². The molecule has 2 heterocycles. The summed E-state index contributed by atoms with van der Waals surface area (Å²) in [5, 5.41) is 5.51. The summed E-state index contributed by atoms with van der Waals surface area (Å²) < 4.78 is 7.98. The average molecular weight is 472 g/mol. The zero-order valence-corrected chi connectivity index (χ0v) is 20.1. The number of amides is 1. The fraction of sp³-hybridized carbons (Fsp3) is 0.450. The molecule has 0 aliphatic rings. The lowest BCUT2D eigenvalue weighted by molar-refractivity contribution is 0.0974. The molecular formula is C20H27Cl2N5O2S. The van der Waals surface area contributed by atoms with Crippen LogP contribution in [-0.4, -0.2) is 59.9 Å². The van der Waals surface area contributed by atoms with E-state index in [1.807, 2.05) is 27.9 Å². The van der Waals surface area contributed by atoms with Crippen LogP contribution in [0.25, 0.3) is 10.2 Å². The van der Waals surface area contributed by atoms with Crippen molar-refractivity contribution in [2.75, 3.05) is 39.2 Å². The molecule has 164 valence electrons. The second kappa shape index (κ2) is 10.4. The maximum atomic E-state index is 13.5. The highest BCUT2D eigenvalue weighted by Gasteiger charge is 2.26. The first-order valence-corrected chi connectivity index (χ1v) is 10.7. The maximum absolute atomic E-state index is 13.5. The Hall–Kier alpha value is -1.87. The molecule has 0 aliphatic heterocycles. The van der Waals surface area contributed by atoms with Crippen molar-refractivity contribution in [3.8, 4) is 5.75 Å². The van der Waals surface area contributed by atoms with Crippen molar-refractivity contribution in [3.05, 3.63) is 35.1 Å². The Morgan fingerprint density at radius 1 is 1.27 bits per heavy atom. The first-order valence-electron chi connectivity index (χ1n) is 9.46. The number of ether oxygens (including phenoxy) is 1. The maximum Gasteiger partial charge on any atom is 0.278 e. The number of hydrogen-bond acceptors (Lipinski definition) is 6. The third-order valence-electron chi connectivity index (χ3n) is 4.51. The van der Waals surface area contributed by atoms with Crippen LogP contribution in [0.1, 0.15) is 36.8 Å². The van der Waals surface area contributed by atoms with Crippen molar-refractivity contribution in [2.45, 2.75) is 26.3 Å². The Labute approximate surface area is 192 Å². The summed E-state index contributed by atoms with van der Waals surface area (Å²) in [7, 11) is 5.63. The van der Waals surface area contributed by atoms with E-state index < -0.39 is 0 Å². The minimum Gasteiger partial charge on any atom is -0.494 e. The van der Waals surface area contributed by atoms with E-state index in [9.17, 15) is 4.79 Å². The number of carbonyl (C=O) groups is 1. The summed E-state index contributed by atoms with van der Waals surface area (Å²) in [4.78, 5) is 22.0. The van der Waals surface area contributed by atoms with Gasteiger partial charge in [0.05, 0.1) is 16.8 Å². The van der Waals surface area contributed by atoms with Gasteiger partial charge < -0.3 is 9.64 Å². The summed E-state index contributed by atoms with van der Waals surface area (Å²) in [5.41, 5.74) is 1.21. The average Bonchev–Trinajstić information content (AvgIpc) is 3.32. The van der Waals surface area contributed by atoms with Crippen LogP contribution < -0.4 is 9.64 Å². The molecule has 0 bridgehead atoms. The van der Waals surface area contributed by atoms with Crippen LogP contribution in [0, 0.1) is 0 Å². The summed E-state index contributed by atoms with van der Waals surface area (Å²) in [6.07, 6.45) is 2.47. The van der Waals surface area contributed by atoms with Crippen LogP contribution in [-0.2, 0) is 0 Å². The lowest BCUT2D eigenvalue weighted by Crippen LogP contribution is -2.35. The topological polar surface area (TPSA) is 63.5 Å². The number of rotatable bonds is 8. The molecule has 0 aliphatic carbocycles. The third kappa shape index (κ3) is 5.06. The number of fused-ring (bicyclic) bond motifs is 1. The fourth-order valence-corrected chi connectivity index (χ4v) is 4.36. The number of anilines is 1. The number of benzene rings is 1. The number of nitrogens with zero attached hydrogens (tertiary/aromatic N) is 5. The highest BCUT2D eigenvalue weighted by atomic mass is 35.5. The Morgan fingerprint density at radius 2 is 2.00 bits per heavy atom. The molecule has 1 amide bonds. The predicted molar refractivity (Wildman–Crippen MR) is 126 cm³/mol. The van der Waals surface area contributed by atoms with Crippen LogP contribution in [0.2, 0.25) is 5.02 Å². The molecule has 3 rings (SSSR count). The molecule has 0 atom stereocenters. The number of methoxy groups -OCH3 is 1. The molecule has 0 radical (unpaired) electrons. The van der Waals surface area contributed by atoms with Crippen molar-refractivity contribution in [2.24, 2.45) is 0 Å². The van der Waals surface area contributed by atoms with Crippen LogP contribution in [0.3, 0.4) is 0 Å². The highest BCUT2D eigenvalue weighted by Crippen LogP contribution is 2.39. The van der Waals surface area contributed by atoms with Gasteiger partial charge >= 0.3 is 0 Å². The van der Waals surface area contributed by atoms with Crippen LogP contribution in [0.4, 0.5) is 5.13 Å². The molecule has 0 unspecified atom stereocenters. The molecule has 7 nitrogen and oxygen atoms in total. The molecule has 2 aromatic heterocycles. The van der Waals surface area contributed by atoms with E-state index in [1.165, 1.54) is 11.3 Å². The first kappa shape index (κ1) is 24.4. The van der Waals surface area contributed by atoms with Gasteiger partial charge in [-0.25, -0.2) is 4.98 Å². The lowest BCUT2D eigenvalue weighted by atomic mass is 10.3. The molecule has 0 saturated heterocycles. The number of hydrogen-bond donors (Lipinski definition) is 0. The summed E-state index contributed by atoms with van der Waals surface area (Å²) in [5.74, 6) is 0.518. The lowest BCUT2D eigenvalue weighted by Gasteiger charge is -2.22. The zero-order valence-electron chi connectivity index (χ0n) is 17.8. The molecule has 10 heteroatoms. The van der Waals surface area contributed by atoms with E-state index in [0.717, 1.165) is 17.7 Å². The third-order valence-corrected chi connectivity index (χ3v) is 6.05. The van der Waals surface area contributed by atoms with Gasteiger partial charge in [0.15, 0.2) is 5.13 Å². The van der Waals surface area contributed by atoms with Gasteiger partial charge in [-0.1, -0.05) is 22.9 Å². The van der Waals surface area contributed by atoms with Crippen molar-refractivity contribution in [1.29, 1.82) is 0 Å². The Bertz CT molecular complexity index is 1000.